The van der Waals surface area contributed by atoms with Crippen molar-refractivity contribution in [1.29, 1.82) is 0 Å². The van der Waals surface area contributed by atoms with Crippen LogP contribution in [0.4, 0.5) is 0 Å². The summed E-state index contributed by atoms with van der Waals surface area (Å²) in [5.41, 5.74) is 7.46. The fraction of sp³-hybridized carbons (Fsp3) is 0.444. The normalized spacial score (nSPS) is 19.5. The second-order valence-electron chi connectivity index (χ2n) is 3.86. The summed E-state index contributed by atoms with van der Waals surface area (Å²) in [7, 11) is 0. The van der Waals surface area contributed by atoms with Gasteiger partial charge in [0.05, 0.1) is 11.7 Å². The van der Waals surface area contributed by atoms with Crippen LogP contribution in [0.1, 0.15) is 25.1 Å². The van der Waals surface area contributed by atoms with Crippen LogP contribution in [0.15, 0.2) is 12.5 Å². The van der Waals surface area contributed by atoms with E-state index in [1.165, 1.54) is 12.7 Å². The first-order valence-corrected chi connectivity index (χ1v) is 4.73. The number of rotatable bonds is 1. The number of aromatic amines is 1. The van der Waals surface area contributed by atoms with Crippen molar-refractivity contribution in [1.82, 2.24) is 19.9 Å². The van der Waals surface area contributed by atoms with Crippen molar-refractivity contribution in [2.75, 3.05) is 0 Å². The number of nitrogens with zero attached hydrogens (tertiary/aromatic N) is 3. The van der Waals surface area contributed by atoms with Crippen LogP contribution in [0.25, 0.3) is 11.2 Å². The van der Waals surface area contributed by atoms with E-state index in [1.54, 1.807) is 6.20 Å². The van der Waals surface area contributed by atoms with Crippen LogP contribution in [0, 0.1) is 0 Å². The number of hydrogen-bond donors (Lipinski definition) is 2. The van der Waals surface area contributed by atoms with E-state index in [2.05, 4.69) is 19.9 Å². The molecule has 1 fully saturated rings. The summed E-state index contributed by atoms with van der Waals surface area (Å²) in [6.45, 7) is 0. The highest BCUT2D eigenvalue weighted by atomic mass is 15.1. The molecule has 5 heteroatoms. The van der Waals surface area contributed by atoms with Gasteiger partial charge in [-0.2, -0.15) is 0 Å². The van der Waals surface area contributed by atoms with Gasteiger partial charge in [0.25, 0.3) is 0 Å². The zero-order chi connectivity index (χ0) is 9.60. The highest BCUT2D eigenvalue weighted by molar-refractivity contribution is 5.69. The van der Waals surface area contributed by atoms with Crippen molar-refractivity contribution in [2.24, 2.45) is 5.73 Å². The lowest BCUT2D eigenvalue weighted by molar-refractivity contribution is 0.240. The number of aromatic nitrogens is 4. The Morgan fingerprint density at radius 3 is 2.93 bits per heavy atom. The molecule has 1 saturated carbocycles. The predicted molar refractivity (Wildman–Crippen MR) is 51.4 cm³/mol. The number of H-pyrrole nitrogens is 1. The quantitative estimate of drug-likeness (QED) is 0.691. The Balaban J connectivity index is 2.14. The lowest BCUT2D eigenvalue weighted by atomic mass is 9.77. The van der Waals surface area contributed by atoms with Crippen molar-refractivity contribution < 1.29 is 0 Å². The number of fused-ring (bicyclic) bond motifs is 1. The summed E-state index contributed by atoms with van der Waals surface area (Å²) in [6, 6.07) is 0. The van der Waals surface area contributed by atoms with Gasteiger partial charge in [-0.25, -0.2) is 15.0 Å². The molecule has 0 spiro atoms. The van der Waals surface area contributed by atoms with Crippen molar-refractivity contribution in [3.8, 4) is 0 Å². The van der Waals surface area contributed by atoms with Crippen molar-refractivity contribution in [2.45, 2.75) is 24.8 Å². The fourth-order valence-electron chi connectivity index (χ4n) is 1.79. The van der Waals surface area contributed by atoms with E-state index in [1.807, 2.05) is 0 Å². The summed E-state index contributed by atoms with van der Waals surface area (Å²) in [6.07, 6.45) is 6.40. The van der Waals surface area contributed by atoms with E-state index in [0.29, 0.717) is 5.65 Å². The Hall–Kier alpha value is -1.49. The van der Waals surface area contributed by atoms with Crippen molar-refractivity contribution in [3.05, 3.63) is 18.3 Å². The molecule has 1 aliphatic rings. The maximum absolute atomic E-state index is 6.15. The van der Waals surface area contributed by atoms with Crippen molar-refractivity contribution in [3.63, 3.8) is 0 Å². The summed E-state index contributed by atoms with van der Waals surface area (Å²) >= 11 is 0. The smallest absolute Gasteiger partial charge is 0.180 e. The standard InChI is InChI=1S/C9H11N5/c10-9(2-1-3-9)8-13-6-4-11-5-12-7(6)14-8/h4-5H,1-3,10H2,(H,11,12,13,14). The maximum atomic E-state index is 6.15. The van der Waals surface area contributed by atoms with Crippen LogP contribution in [-0.2, 0) is 5.54 Å². The number of nitrogens with one attached hydrogen (secondary N) is 1. The van der Waals surface area contributed by atoms with Gasteiger partial charge in [0, 0.05) is 0 Å². The second-order valence-corrected chi connectivity index (χ2v) is 3.86. The molecule has 1 aliphatic carbocycles. The SMILES string of the molecule is NC1(c2nc3ncncc3[nH]2)CCC1. The summed E-state index contributed by atoms with van der Waals surface area (Å²) in [5.74, 6) is 0.847. The first kappa shape index (κ1) is 7.87. The lowest BCUT2D eigenvalue weighted by Crippen LogP contribution is -2.44. The van der Waals surface area contributed by atoms with E-state index >= 15 is 0 Å². The predicted octanol–water partition coefficient (Wildman–Crippen LogP) is 0.691. The Labute approximate surface area is 80.8 Å². The molecule has 2 aromatic rings. The molecule has 0 saturated heterocycles. The molecule has 0 aliphatic heterocycles. The Kier molecular flexibility index (Phi) is 1.41. The average molecular weight is 189 g/mol. The molecule has 0 aromatic carbocycles. The molecule has 0 unspecified atom stereocenters. The molecule has 72 valence electrons. The zero-order valence-electron chi connectivity index (χ0n) is 7.70. The van der Waals surface area contributed by atoms with Gasteiger partial charge in [-0.1, -0.05) is 0 Å². The van der Waals surface area contributed by atoms with E-state index in [9.17, 15) is 0 Å². The van der Waals surface area contributed by atoms with Crippen LogP contribution >= 0.6 is 0 Å². The molecule has 14 heavy (non-hydrogen) atoms. The average Bonchev–Trinajstić information content (AvgIpc) is 2.57. The molecule has 0 amide bonds. The highest BCUT2D eigenvalue weighted by Gasteiger charge is 2.37. The molecule has 0 bridgehead atoms. The summed E-state index contributed by atoms with van der Waals surface area (Å²) < 4.78 is 0. The summed E-state index contributed by atoms with van der Waals surface area (Å²) in [5, 5.41) is 0. The van der Waals surface area contributed by atoms with Gasteiger partial charge in [0.2, 0.25) is 0 Å². The van der Waals surface area contributed by atoms with Crippen LogP contribution in [-0.4, -0.2) is 19.9 Å². The van der Waals surface area contributed by atoms with Gasteiger partial charge < -0.3 is 10.7 Å². The largest absolute Gasteiger partial charge is 0.338 e. The first-order valence-electron chi connectivity index (χ1n) is 4.73. The van der Waals surface area contributed by atoms with E-state index in [-0.39, 0.29) is 5.54 Å². The molecule has 2 heterocycles. The lowest BCUT2D eigenvalue weighted by Gasteiger charge is -2.35. The molecule has 5 nitrogen and oxygen atoms in total. The Morgan fingerprint density at radius 2 is 2.29 bits per heavy atom. The third kappa shape index (κ3) is 0.957. The van der Waals surface area contributed by atoms with Crippen LogP contribution in [0.2, 0.25) is 0 Å². The highest BCUT2D eigenvalue weighted by Crippen LogP contribution is 2.37. The fourth-order valence-corrected chi connectivity index (χ4v) is 1.79. The van der Waals surface area contributed by atoms with Gasteiger partial charge >= 0.3 is 0 Å². The monoisotopic (exact) mass is 189 g/mol. The van der Waals surface area contributed by atoms with Gasteiger partial charge in [-0.15, -0.1) is 0 Å². The molecule has 2 aromatic heterocycles. The van der Waals surface area contributed by atoms with Crippen LogP contribution in [0.5, 0.6) is 0 Å². The summed E-state index contributed by atoms with van der Waals surface area (Å²) in [4.78, 5) is 15.5. The maximum Gasteiger partial charge on any atom is 0.180 e. The minimum atomic E-state index is -0.249. The molecule has 3 N–H and O–H groups in total. The Bertz CT molecular complexity index is 438. The number of hydrogen-bond acceptors (Lipinski definition) is 4. The molecular formula is C9H11N5. The van der Waals surface area contributed by atoms with Gasteiger partial charge in [0.15, 0.2) is 5.65 Å². The number of nitrogens with two attached hydrogens (primary N) is 1. The van der Waals surface area contributed by atoms with E-state index in [4.69, 9.17) is 5.73 Å². The third-order valence-electron chi connectivity index (χ3n) is 2.88. The van der Waals surface area contributed by atoms with E-state index in [0.717, 1.165) is 24.2 Å². The van der Waals surface area contributed by atoms with E-state index < -0.39 is 0 Å². The van der Waals surface area contributed by atoms with Crippen LogP contribution in [0.3, 0.4) is 0 Å². The molecule has 3 rings (SSSR count). The van der Waals surface area contributed by atoms with Crippen molar-refractivity contribution >= 4 is 11.2 Å². The Morgan fingerprint density at radius 1 is 1.43 bits per heavy atom. The zero-order valence-corrected chi connectivity index (χ0v) is 7.70. The van der Waals surface area contributed by atoms with Crippen LogP contribution < -0.4 is 5.73 Å². The van der Waals surface area contributed by atoms with Gasteiger partial charge in [-0.05, 0) is 19.3 Å². The molecular weight excluding hydrogens is 178 g/mol. The topological polar surface area (TPSA) is 80.5 Å². The third-order valence-corrected chi connectivity index (χ3v) is 2.88. The first-order chi connectivity index (χ1) is 6.78. The minimum Gasteiger partial charge on any atom is -0.338 e. The molecule has 0 atom stereocenters. The van der Waals surface area contributed by atoms with Gasteiger partial charge in [0.1, 0.15) is 17.7 Å². The minimum absolute atomic E-state index is 0.249. The molecule has 0 radical (unpaired) electrons. The number of imidazole rings is 1. The van der Waals surface area contributed by atoms with Gasteiger partial charge in [-0.3, -0.25) is 0 Å². The second kappa shape index (κ2) is 2.51.